The van der Waals surface area contributed by atoms with Crippen molar-refractivity contribution in [1.29, 1.82) is 0 Å². The third-order valence-electron chi connectivity index (χ3n) is 1.85. The van der Waals surface area contributed by atoms with E-state index in [0.717, 1.165) is 11.3 Å². The molecule has 1 heterocycles. The molecule has 17 heavy (non-hydrogen) atoms. The summed E-state index contributed by atoms with van der Waals surface area (Å²) in [4.78, 5) is 25.5. The van der Waals surface area contributed by atoms with Crippen LogP contribution in [0, 0.1) is 0 Å². The van der Waals surface area contributed by atoms with Crippen molar-refractivity contribution in [2.24, 2.45) is 0 Å². The van der Waals surface area contributed by atoms with E-state index in [1.54, 1.807) is 12.3 Å². The molecular weight excluding hydrogens is 244 g/mol. The number of hydrogen-bond donors (Lipinski definition) is 2. The Hall–Kier alpha value is -1.47. The Balaban J connectivity index is 2.22. The van der Waals surface area contributed by atoms with E-state index in [-0.39, 0.29) is 11.0 Å². The summed E-state index contributed by atoms with van der Waals surface area (Å²) in [6.45, 7) is 3.07. The van der Waals surface area contributed by atoms with Crippen LogP contribution < -0.4 is 5.32 Å². The zero-order valence-corrected chi connectivity index (χ0v) is 10.2. The lowest BCUT2D eigenvalue weighted by atomic mass is 10.4. The van der Waals surface area contributed by atoms with Gasteiger partial charge in [-0.25, -0.2) is 9.78 Å². The van der Waals surface area contributed by atoms with Crippen LogP contribution in [-0.2, 0) is 16.1 Å². The summed E-state index contributed by atoms with van der Waals surface area (Å²) in [6.07, 6.45) is 0.295. The number of ether oxygens (including phenoxy) is 1. The topological polar surface area (TPSA) is 88.5 Å². The van der Waals surface area contributed by atoms with E-state index >= 15 is 0 Å². The number of nitrogens with one attached hydrogen (secondary N) is 1. The minimum Gasteiger partial charge on any atom is -0.476 e. The van der Waals surface area contributed by atoms with Gasteiger partial charge in [-0.1, -0.05) is 0 Å². The van der Waals surface area contributed by atoms with Gasteiger partial charge in [0.15, 0.2) is 0 Å². The Bertz CT molecular complexity index is 391. The smallest absolute Gasteiger partial charge is 0.365 e. The highest BCUT2D eigenvalue weighted by Crippen LogP contribution is 2.09. The second kappa shape index (κ2) is 6.97. The van der Waals surface area contributed by atoms with E-state index in [1.165, 1.54) is 0 Å². The van der Waals surface area contributed by atoms with Gasteiger partial charge < -0.3 is 15.2 Å². The summed E-state index contributed by atoms with van der Waals surface area (Å²) in [6, 6.07) is 0. The molecule has 0 unspecified atom stereocenters. The summed E-state index contributed by atoms with van der Waals surface area (Å²) in [5.41, 5.74) is 0.663. The van der Waals surface area contributed by atoms with Crippen LogP contribution in [0.4, 0.5) is 0 Å². The van der Waals surface area contributed by atoms with Gasteiger partial charge >= 0.3 is 11.9 Å². The fourth-order valence-corrected chi connectivity index (χ4v) is 1.78. The maximum Gasteiger partial charge on any atom is 0.365 e. The monoisotopic (exact) mass is 258 g/mol. The molecule has 0 atom stereocenters. The molecule has 0 aliphatic carbocycles. The largest absolute Gasteiger partial charge is 0.476 e. The first kappa shape index (κ1) is 13.6. The van der Waals surface area contributed by atoms with Crippen LogP contribution in [-0.4, -0.2) is 35.2 Å². The second-order valence-corrected chi connectivity index (χ2v) is 4.04. The molecule has 1 rings (SSSR count). The van der Waals surface area contributed by atoms with Crippen LogP contribution >= 0.6 is 11.3 Å². The number of carbonyl (C=O) groups is 2. The molecule has 0 saturated heterocycles. The van der Waals surface area contributed by atoms with Gasteiger partial charge in [-0.15, -0.1) is 11.3 Å². The van der Waals surface area contributed by atoms with Crippen LogP contribution in [0.2, 0.25) is 0 Å². The van der Waals surface area contributed by atoms with Gasteiger partial charge in [0.2, 0.25) is 5.01 Å². The van der Waals surface area contributed by atoms with Gasteiger partial charge in [-0.05, 0) is 6.92 Å². The van der Waals surface area contributed by atoms with Crippen LogP contribution in [0.1, 0.15) is 28.8 Å². The number of aromatic nitrogens is 1. The van der Waals surface area contributed by atoms with E-state index < -0.39 is 5.97 Å². The molecule has 0 fully saturated rings. The molecule has 6 nitrogen and oxygen atoms in total. The number of thiazole rings is 1. The van der Waals surface area contributed by atoms with Gasteiger partial charge in [0.1, 0.15) is 0 Å². The molecular formula is C10H14N2O4S. The van der Waals surface area contributed by atoms with Crippen LogP contribution in [0.25, 0.3) is 0 Å². The van der Waals surface area contributed by atoms with Gasteiger partial charge in [0, 0.05) is 18.5 Å². The lowest BCUT2D eigenvalue weighted by Gasteiger charge is -2.02. The Morgan fingerprint density at radius 3 is 2.94 bits per heavy atom. The molecule has 7 heteroatoms. The molecule has 0 aliphatic heterocycles. The van der Waals surface area contributed by atoms with Crippen molar-refractivity contribution in [1.82, 2.24) is 10.3 Å². The summed E-state index contributed by atoms with van der Waals surface area (Å²) < 4.78 is 4.76. The van der Waals surface area contributed by atoms with E-state index in [4.69, 9.17) is 9.84 Å². The van der Waals surface area contributed by atoms with E-state index in [9.17, 15) is 9.59 Å². The quantitative estimate of drug-likeness (QED) is 0.557. The van der Waals surface area contributed by atoms with Crippen molar-refractivity contribution in [2.45, 2.75) is 19.9 Å². The number of carboxylic acids is 1. The standard InChI is InChI=1S/C10H14N2O4S/c1-2-16-8(13)3-4-11-5-7-6-17-9(12-7)10(14)15/h6,11H,2-5H2,1H3,(H,14,15). The average molecular weight is 258 g/mol. The van der Waals surface area contributed by atoms with Crippen molar-refractivity contribution >= 4 is 23.3 Å². The Labute approximate surface area is 103 Å². The maximum absolute atomic E-state index is 11.0. The zero-order valence-electron chi connectivity index (χ0n) is 9.43. The number of rotatable bonds is 7. The summed E-state index contributed by atoms with van der Waals surface area (Å²) in [5, 5.41) is 13.4. The number of nitrogens with zero attached hydrogens (tertiary/aromatic N) is 1. The molecule has 0 amide bonds. The summed E-state index contributed by atoms with van der Waals surface area (Å²) in [5.74, 6) is -1.27. The molecule has 1 aromatic heterocycles. The molecule has 0 aliphatic rings. The fourth-order valence-electron chi connectivity index (χ4n) is 1.13. The Morgan fingerprint density at radius 1 is 1.59 bits per heavy atom. The predicted molar refractivity (Wildman–Crippen MR) is 62.0 cm³/mol. The molecule has 94 valence electrons. The molecule has 0 spiro atoms. The van der Waals surface area contributed by atoms with Crippen LogP contribution in [0.15, 0.2) is 5.38 Å². The normalized spacial score (nSPS) is 10.2. The van der Waals surface area contributed by atoms with E-state index in [1.807, 2.05) is 0 Å². The number of carboxylic acid groups (broad SMARTS) is 1. The minimum atomic E-state index is -1.02. The minimum absolute atomic E-state index is 0.0761. The van der Waals surface area contributed by atoms with Gasteiger partial charge in [0.25, 0.3) is 0 Å². The summed E-state index contributed by atoms with van der Waals surface area (Å²) >= 11 is 1.09. The fraction of sp³-hybridized carbons (Fsp3) is 0.500. The lowest BCUT2D eigenvalue weighted by molar-refractivity contribution is -0.142. The van der Waals surface area contributed by atoms with Crippen molar-refractivity contribution in [3.05, 3.63) is 16.1 Å². The molecule has 0 radical (unpaired) electrons. The summed E-state index contributed by atoms with van der Waals surface area (Å²) in [7, 11) is 0. The molecule has 0 bridgehead atoms. The molecule has 0 aromatic carbocycles. The van der Waals surface area contributed by atoms with Gasteiger partial charge in [0.05, 0.1) is 18.7 Å². The van der Waals surface area contributed by atoms with E-state index in [2.05, 4.69) is 10.3 Å². The third kappa shape index (κ3) is 4.92. The number of esters is 1. The van der Waals surface area contributed by atoms with Crippen molar-refractivity contribution in [3.8, 4) is 0 Å². The SMILES string of the molecule is CCOC(=O)CCNCc1csc(C(=O)O)n1. The second-order valence-electron chi connectivity index (χ2n) is 3.18. The predicted octanol–water partition coefficient (Wildman–Crippen LogP) is 0.884. The first-order chi connectivity index (χ1) is 8.13. The van der Waals surface area contributed by atoms with Crippen LogP contribution in [0.3, 0.4) is 0 Å². The Kier molecular flexibility index (Phi) is 5.58. The highest BCUT2D eigenvalue weighted by atomic mass is 32.1. The lowest BCUT2D eigenvalue weighted by Crippen LogP contribution is -2.19. The maximum atomic E-state index is 11.0. The molecule has 2 N–H and O–H groups in total. The highest BCUT2D eigenvalue weighted by molar-refractivity contribution is 7.11. The third-order valence-corrected chi connectivity index (χ3v) is 2.73. The number of carbonyl (C=O) groups excluding carboxylic acids is 1. The molecule has 0 saturated carbocycles. The zero-order chi connectivity index (χ0) is 12.7. The average Bonchev–Trinajstić information content (AvgIpc) is 2.73. The molecule has 1 aromatic rings. The van der Waals surface area contributed by atoms with Gasteiger partial charge in [-0.3, -0.25) is 4.79 Å². The van der Waals surface area contributed by atoms with Gasteiger partial charge in [-0.2, -0.15) is 0 Å². The van der Waals surface area contributed by atoms with Crippen molar-refractivity contribution < 1.29 is 19.4 Å². The van der Waals surface area contributed by atoms with E-state index in [0.29, 0.717) is 31.8 Å². The number of aromatic carboxylic acids is 1. The Morgan fingerprint density at radius 2 is 2.35 bits per heavy atom. The van der Waals surface area contributed by atoms with Crippen LogP contribution in [0.5, 0.6) is 0 Å². The first-order valence-corrected chi connectivity index (χ1v) is 6.05. The highest BCUT2D eigenvalue weighted by Gasteiger charge is 2.08. The van der Waals surface area contributed by atoms with Crippen molar-refractivity contribution in [2.75, 3.05) is 13.2 Å². The number of hydrogen-bond acceptors (Lipinski definition) is 6. The first-order valence-electron chi connectivity index (χ1n) is 5.17. The van der Waals surface area contributed by atoms with Crippen molar-refractivity contribution in [3.63, 3.8) is 0 Å².